The van der Waals surface area contributed by atoms with Crippen molar-refractivity contribution in [3.8, 4) is 17.6 Å². The minimum Gasteiger partial charge on any atom is -0.495 e. The predicted molar refractivity (Wildman–Crippen MR) is 109 cm³/mol. The minimum absolute atomic E-state index is 0.0609. The molecule has 10 heteroatoms. The molecule has 0 aliphatic rings. The Morgan fingerprint density at radius 1 is 1.16 bits per heavy atom. The molecule has 0 aromatic heterocycles. The summed E-state index contributed by atoms with van der Waals surface area (Å²) in [5.74, 6) is 4.60. The summed E-state index contributed by atoms with van der Waals surface area (Å²) < 4.78 is 70.7. The van der Waals surface area contributed by atoms with Crippen molar-refractivity contribution in [2.24, 2.45) is 0 Å². The molecule has 0 heterocycles. The number of rotatable bonds is 6. The highest BCUT2D eigenvalue weighted by atomic mass is 32.2. The lowest BCUT2D eigenvalue weighted by atomic mass is 10.1. The lowest BCUT2D eigenvalue weighted by Gasteiger charge is -2.14. The molecule has 2 rings (SSSR count). The van der Waals surface area contributed by atoms with E-state index < -0.39 is 27.7 Å². The Balaban J connectivity index is 2.14. The molecule has 0 aliphatic heterocycles. The molecule has 0 radical (unpaired) electrons. The zero-order valence-corrected chi connectivity index (χ0v) is 17.8. The lowest BCUT2D eigenvalue weighted by Crippen LogP contribution is -2.31. The summed E-state index contributed by atoms with van der Waals surface area (Å²) in [5.41, 5.74) is -0.599. The number of methoxy groups -OCH3 is 1. The smallest absolute Gasteiger partial charge is 0.416 e. The summed E-state index contributed by atoms with van der Waals surface area (Å²) in [6, 6.07) is 8.09. The van der Waals surface area contributed by atoms with Crippen molar-refractivity contribution in [3.63, 3.8) is 0 Å². The Kier molecular flexibility index (Phi) is 7.70. The van der Waals surface area contributed by atoms with Gasteiger partial charge in [0.15, 0.2) is 0 Å². The van der Waals surface area contributed by atoms with E-state index in [1.54, 1.807) is 13.8 Å². The maximum absolute atomic E-state index is 12.7. The highest BCUT2D eigenvalue weighted by Gasteiger charge is 2.30. The summed E-state index contributed by atoms with van der Waals surface area (Å²) >= 11 is 0. The van der Waals surface area contributed by atoms with Crippen molar-refractivity contribution < 1.29 is 31.1 Å². The number of nitrogens with one attached hydrogen (secondary N) is 2. The van der Waals surface area contributed by atoms with E-state index in [-0.39, 0.29) is 34.4 Å². The van der Waals surface area contributed by atoms with Crippen molar-refractivity contribution in [2.45, 2.75) is 31.0 Å². The van der Waals surface area contributed by atoms with Crippen LogP contribution < -0.4 is 14.8 Å². The Morgan fingerprint density at radius 2 is 1.87 bits per heavy atom. The van der Waals surface area contributed by atoms with Crippen LogP contribution in [0.3, 0.4) is 0 Å². The van der Waals surface area contributed by atoms with Gasteiger partial charge in [0, 0.05) is 17.2 Å². The number of amides is 1. The van der Waals surface area contributed by atoms with E-state index in [1.807, 2.05) is 0 Å². The van der Waals surface area contributed by atoms with Crippen molar-refractivity contribution >= 4 is 15.9 Å². The summed E-state index contributed by atoms with van der Waals surface area (Å²) in [4.78, 5) is 12.2. The zero-order valence-electron chi connectivity index (χ0n) is 17.0. The average molecular weight is 454 g/mol. The van der Waals surface area contributed by atoms with Crippen LogP contribution in [0.2, 0.25) is 0 Å². The molecule has 6 nitrogen and oxygen atoms in total. The maximum Gasteiger partial charge on any atom is 0.416 e. The van der Waals surface area contributed by atoms with Gasteiger partial charge < -0.3 is 10.1 Å². The highest BCUT2D eigenvalue weighted by molar-refractivity contribution is 7.89. The number of benzene rings is 2. The number of ether oxygens (including phenoxy) is 1. The monoisotopic (exact) mass is 454 g/mol. The van der Waals surface area contributed by atoms with Gasteiger partial charge in [0.1, 0.15) is 10.6 Å². The topological polar surface area (TPSA) is 84.5 Å². The van der Waals surface area contributed by atoms with Crippen LogP contribution in [0.25, 0.3) is 0 Å². The van der Waals surface area contributed by atoms with E-state index in [0.29, 0.717) is 0 Å². The minimum atomic E-state index is -4.47. The van der Waals surface area contributed by atoms with Crippen LogP contribution in [0.1, 0.15) is 35.3 Å². The third-order valence-corrected chi connectivity index (χ3v) is 5.55. The normalized spacial score (nSPS) is 11.6. The first-order valence-corrected chi connectivity index (χ1v) is 10.6. The number of carbonyl (C=O) groups is 1. The zero-order chi connectivity index (χ0) is 23.2. The molecule has 166 valence electrons. The number of carbonyl (C=O) groups excluding carboxylic acids is 1. The Labute approximate surface area is 178 Å². The molecule has 2 N–H and O–H groups in total. The highest BCUT2D eigenvalue weighted by Crippen LogP contribution is 2.29. The molecule has 0 saturated carbocycles. The molecular weight excluding hydrogens is 433 g/mol. The molecule has 0 unspecified atom stereocenters. The molecule has 31 heavy (non-hydrogen) atoms. The third kappa shape index (κ3) is 6.73. The van der Waals surface area contributed by atoms with Gasteiger partial charge in [0.25, 0.3) is 5.91 Å². The molecule has 0 fully saturated rings. The van der Waals surface area contributed by atoms with Gasteiger partial charge in [-0.1, -0.05) is 17.9 Å². The van der Waals surface area contributed by atoms with Gasteiger partial charge in [-0.3, -0.25) is 4.79 Å². The average Bonchev–Trinajstić information content (AvgIpc) is 2.69. The number of hydrogen-bond donors (Lipinski definition) is 2. The number of sulfonamides is 1. The number of halogens is 3. The van der Waals surface area contributed by atoms with Crippen LogP contribution in [-0.4, -0.2) is 34.0 Å². The lowest BCUT2D eigenvalue weighted by molar-refractivity contribution is -0.137. The maximum atomic E-state index is 12.7. The molecule has 2 aromatic rings. The van der Waals surface area contributed by atoms with Gasteiger partial charge in [-0.25, -0.2) is 13.1 Å². The number of alkyl halides is 3. The van der Waals surface area contributed by atoms with E-state index in [9.17, 15) is 26.4 Å². The fourth-order valence-corrected chi connectivity index (χ4v) is 3.99. The van der Waals surface area contributed by atoms with E-state index in [0.717, 1.165) is 12.1 Å². The molecule has 0 bridgehead atoms. The molecule has 0 aliphatic carbocycles. The largest absolute Gasteiger partial charge is 0.495 e. The van der Waals surface area contributed by atoms with E-state index in [1.165, 1.54) is 37.4 Å². The van der Waals surface area contributed by atoms with Gasteiger partial charge in [-0.15, -0.1) is 0 Å². The van der Waals surface area contributed by atoms with Gasteiger partial charge in [0.2, 0.25) is 10.0 Å². The van der Waals surface area contributed by atoms with E-state index in [4.69, 9.17) is 4.74 Å². The second-order valence-electron chi connectivity index (χ2n) is 6.70. The molecule has 0 saturated heterocycles. The van der Waals surface area contributed by atoms with Crippen LogP contribution in [0.15, 0.2) is 47.4 Å². The fourth-order valence-electron chi connectivity index (χ4n) is 2.55. The molecule has 0 spiro atoms. The number of hydrogen-bond acceptors (Lipinski definition) is 4. The van der Waals surface area contributed by atoms with Crippen LogP contribution in [0.4, 0.5) is 13.2 Å². The van der Waals surface area contributed by atoms with Crippen molar-refractivity contribution in [3.05, 3.63) is 59.2 Å². The van der Waals surface area contributed by atoms with Gasteiger partial charge in [-0.05, 0) is 50.2 Å². The quantitative estimate of drug-likeness (QED) is 0.657. The van der Waals surface area contributed by atoms with Crippen LogP contribution in [0.5, 0.6) is 5.75 Å². The predicted octanol–water partition coefficient (Wildman–Crippen LogP) is 3.18. The SMILES string of the molecule is COc1ccc(C(=O)NCC#Cc2cccc(C(F)(F)F)c2)cc1S(=O)(=O)NC(C)C. The standard InChI is InChI=1S/C21H21F3N2O4S/c1-14(2)26-31(28,29)19-13-16(9-10-18(19)30-3)20(27)25-11-5-7-15-6-4-8-17(12-15)21(22,23)24/h4,6,8-10,12-14,26H,11H2,1-3H3,(H,25,27). The van der Waals surface area contributed by atoms with Crippen molar-refractivity contribution in [1.82, 2.24) is 10.0 Å². The molecule has 0 atom stereocenters. The molecule has 2 aromatic carbocycles. The van der Waals surface area contributed by atoms with Crippen LogP contribution >= 0.6 is 0 Å². The first-order chi connectivity index (χ1) is 14.4. The second kappa shape index (κ2) is 9.85. The summed E-state index contributed by atoms with van der Waals surface area (Å²) in [6.07, 6.45) is -4.47. The van der Waals surface area contributed by atoms with E-state index in [2.05, 4.69) is 21.9 Å². The van der Waals surface area contributed by atoms with E-state index >= 15 is 0 Å². The Hall–Kier alpha value is -3.03. The Bertz CT molecular complexity index is 1120. The van der Waals surface area contributed by atoms with Crippen LogP contribution in [0, 0.1) is 11.8 Å². The first kappa shape index (κ1) is 24.2. The van der Waals surface area contributed by atoms with Gasteiger partial charge >= 0.3 is 6.18 Å². The Morgan fingerprint density at radius 3 is 2.48 bits per heavy atom. The molecule has 1 amide bonds. The fraction of sp³-hybridized carbons (Fsp3) is 0.286. The van der Waals surface area contributed by atoms with Gasteiger partial charge in [-0.2, -0.15) is 13.2 Å². The summed E-state index contributed by atoms with van der Waals surface area (Å²) in [5, 5.41) is 2.48. The second-order valence-corrected chi connectivity index (χ2v) is 8.39. The van der Waals surface area contributed by atoms with Crippen LogP contribution in [-0.2, 0) is 16.2 Å². The summed E-state index contributed by atoms with van der Waals surface area (Å²) in [7, 11) is -2.60. The van der Waals surface area contributed by atoms with Crippen molar-refractivity contribution in [1.29, 1.82) is 0 Å². The first-order valence-electron chi connectivity index (χ1n) is 9.08. The third-order valence-electron chi connectivity index (χ3n) is 3.87. The summed E-state index contributed by atoms with van der Waals surface area (Å²) in [6.45, 7) is 3.17. The molecular formula is C21H21F3N2O4S. The van der Waals surface area contributed by atoms with Gasteiger partial charge in [0.05, 0.1) is 19.2 Å². The van der Waals surface area contributed by atoms with Crippen molar-refractivity contribution in [2.75, 3.05) is 13.7 Å².